The van der Waals surface area contributed by atoms with Gasteiger partial charge in [0, 0.05) is 10.5 Å². The Kier molecular flexibility index (Phi) is 5.79. The fraction of sp³-hybridized carbons (Fsp3) is 0.500. The first kappa shape index (κ1) is 16.0. The molecule has 1 aromatic carbocycles. The topological polar surface area (TPSA) is 55.4 Å². The van der Waals surface area contributed by atoms with Crippen LogP contribution in [0.4, 0.5) is 0 Å². The molecule has 0 bridgehead atoms. The Hall–Kier alpha value is -1.36. The molecule has 0 radical (unpaired) electrons. The molecule has 1 saturated carbocycles. The zero-order valence-corrected chi connectivity index (χ0v) is 13.7. The lowest BCUT2D eigenvalue weighted by Crippen LogP contribution is -2.42. The number of carbonyl (C=O) groups is 2. The highest BCUT2D eigenvalue weighted by molar-refractivity contribution is 9.10. The summed E-state index contributed by atoms with van der Waals surface area (Å²) >= 11 is 3.29. The molecule has 0 aromatic heterocycles. The number of carbonyl (C=O) groups excluding carboxylic acids is 2. The van der Waals surface area contributed by atoms with Crippen molar-refractivity contribution in [2.24, 2.45) is 5.92 Å². The highest BCUT2D eigenvalue weighted by atomic mass is 79.9. The minimum atomic E-state index is -0.491. The maximum absolute atomic E-state index is 11.9. The Morgan fingerprint density at radius 3 is 2.71 bits per heavy atom. The standard InChI is InChI=1S/C16H20BrNO3/c1-11-6-2-5-9-14(11)18-15(19)10-21-16(20)12-7-3-4-8-13(12)17/h3-4,7-8,11,14H,2,5-6,9-10H2,1H3,(H,18,19)/t11-,14-/m1/s1. The van der Waals surface area contributed by atoms with E-state index in [-0.39, 0.29) is 18.6 Å². The monoisotopic (exact) mass is 353 g/mol. The van der Waals surface area contributed by atoms with Crippen LogP contribution in [0.15, 0.2) is 28.7 Å². The Bertz CT molecular complexity index is 518. The van der Waals surface area contributed by atoms with Gasteiger partial charge >= 0.3 is 5.97 Å². The molecule has 1 N–H and O–H groups in total. The van der Waals surface area contributed by atoms with Crippen LogP contribution in [-0.4, -0.2) is 24.5 Å². The number of rotatable bonds is 4. The van der Waals surface area contributed by atoms with Crippen molar-refractivity contribution in [3.63, 3.8) is 0 Å². The van der Waals surface area contributed by atoms with Gasteiger partial charge in [-0.1, -0.05) is 31.9 Å². The van der Waals surface area contributed by atoms with E-state index in [0.717, 1.165) is 19.3 Å². The summed E-state index contributed by atoms with van der Waals surface area (Å²) in [7, 11) is 0. The van der Waals surface area contributed by atoms with Gasteiger partial charge in [-0.2, -0.15) is 0 Å². The summed E-state index contributed by atoms with van der Waals surface area (Å²) in [6.07, 6.45) is 4.52. The molecule has 1 fully saturated rings. The smallest absolute Gasteiger partial charge is 0.339 e. The van der Waals surface area contributed by atoms with Crippen molar-refractivity contribution in [2.75, 3.05) is 6.61 Å². The van der Waals surface area contributed by atoms with Crippen LogP contribution in [0.2, 0.25) is 0 Å². The maximum atomic E-state index is 11.9. The first-order valence-electron chi connectivity index (χ1n) is 7.29. The number of esters is 1. The van der Waals surface area contributed by atoms with Gasteiger partial charge in [-0.3, -0.25) is 4.79 Å². The zero-order valence-electron chi connectivity index (χ0n) is 12.1. The number of hydrogen-bond donors (Lipinski definition) is 1. The van der Waals surface area contributed by atoms with Crippen LogP contribution >= 0.6 is 15.9 Å². The Balaban J connectivity index is 1.81. The van der Waals surface area contributed by atoms with E-state index in [1.165, 1.54) is 6.42 Å². The molecule has 0 aliphatic heterocycles. The predicted octanol–water partition coefficient (Wildman–Crippen LogP) is 3.30. The number of hydrogen-bond acceptors (Lipinski definition) is 3. The van der Waals surface area contributed by atoms with E-state index >= 15 is 0 Å². The highest BCUT2D eigenvalue weighted by Gasteiger charge is 2.23. The molecule has 5 heteroatoms. The summed E-state index contributed by atoms with van der Waals surface area (Å²) in [5, 5.41) is 2.96. The van der Waals surface area contributed by atoms with Crippen LogP contribution in [0.5, 0.6) is 0 Å². The molecule has 1 aliphatic rings. The molecule has 0 saturated heterocycles. The molecule has 2 rings (SSSR count). The molecular formula is C16H20BrNO3. The van der Waals surface area contributed by atoms with Crippen molar-refractivity contribution < 1.29 is 14.3 Å². The third-order valence-corrected chi connectivity index (χ3v) is 4.58. The molecule has 114 valence electrons. The second-order valence-electron chi connectivity index (χ2n) is 5.49. The van der Waals surface area contributed by atoms with Gasteiger partial charge in [0.05, 0.1) is 5.56 Å². The first-order valence-corrected chi connectivity index (χ1v) is 8.08. The van der Waals surface area contributed by atoms with Crippen LogP contribution in [0, 0.1) is 5.92 Å². The first-order chi connectivity index (χ1) is 10.1. The number of ether oxygens (including phenoxy) is 1. The van der Waals surface area contributed by atoms with E-state index in [0.29, 0.717) is 16.0 Å². The second-order valence-corrected chi connectivity index (χ2v) is 6.35. The summed E-state index contributed by atoms with van der Waals surface area (Å²) in [5.74, 6) is -0.231. The average molecular weight is 354 g/mol. The SMILES string of the molecule is C[C@@H]1CCCC[C@H]1NC(=O)COC(=O)c1ccccc1Br. The van der Waals surface area contributed by atoms with Crippen LogP contribution in [0.3, 0.4) is 0 Å². The van der Waals surface area contributed by atoms with E-state index < -0.39 is 5.97 Å². The van der Waals surface area contributed by atoms with Crippen LogP contribution in [0.25, 0.3) is 0 Å². The van der Waals surface area contributed by atoms with E-state index in [1.807, 2.05) is 6.07 Å². The van der Waals surface area contributed by atoms with E-state index in [2.05, 4.69) is 28.2 Å². The Morgan fingerprint density at radius 2 is 2.00 bits per heavy atom. The van der Waals surface area contributed by atoms with Crippen molar-refractivity contribution >= 4 is 27.8 Å². The van der Waals surface area contributed by atoms with Gasteiger partial charge in [-0.15, -0.1) is 0 Å². The minimum absolute atomic E-state index is 0.202. The largest absolute Gasteiger partial charge is 0.452 e. The van der Waals surface area contributed by atoms with E-state index in [9.17, 15) is 9.59 Å². The van der Waals surface area contributed by atoms with Crippen LogP contribution < -0.4 is 5.32 Å². The van der Waals surface area contributed by atoms with Gasteiger partial charge in [0.25, 0.3) is 5.91 Å². The molecule has 0 heterocycles. The number of amides is 1. The molecule has 21 heavy (non-hydrogen) atoms. The summed E-state index contributed by atoms with van der Waals surface area (Å²) in [6, 6.07) is 7.20. The Labute approximate surface area is 133 Å². The predicted molar refractivity (Wildman–Crippen MR) is 84.0 cm³/mol. The zero-order chi connectivity index (χ0) is 15.2. The molecule has 0 spiro atoms. The van der Waals surface area contributed by atoms with Gasteiger partial charge < -0.3 is 10.1 Å². The van der Waals surface area contributed by atoms with Crippen LogP contribution in [-0.2, 0) is 9.53 Å². The Morgan fingerprint density at radius 1 is 1.29 bits per heavy atom. The van der Waals surface area contributed by atoms with Gasteiger partial charge in [0.15, 0.2) is 6.61 Å². The lowest BCUT2D eigenvalue weighted by atomic mass is 9.86. The highest BCUT2D eigenvalue weighted by Crippen LogP contribution is 2.23. The van der Waals surface area contributed by atoms with Crippen molar-refractivity contribution in [3.05, 3.63) is 34.3 Å². The third kappa shape index (κ3) is 4.56. The van der Waals surface area contributed by atoms with Crippen molar-refractivity contribution in [1.29, 1.82) is 0 Å². The average Bonchev–Trinajstić information content (AvgIpc) is 2.48. The summed E-state index contributed by atoms with van der Waals surface area (Å²) in [4.78, 5) is 23.8. The van der Waals surface area contributed by atoms with E-state index in [1.54, 1.807) is 18.2 Å². The normalized spacial score (nSPS) is 21.6. The lowest BCUT2D eigenvalue weighted by Gasteiger charge is -2.29. The summed E-state index contributed by atoms with van der Waals surface area (Å²) in [5.41, 5.74) is 0.427. The molecule has 1 amide bonds. The van der Waals surface area contributed by atoms with E-state index in [4.69, 9.17) is 4.74 Å². The molecule has 4 nitrogen and oxygen atoms in total. The van der Waals surface area contributed by atoms with Gasteiger partial charge in [-0.25, -0.2) is 4.79 Å². The quantitative estimate of drug-likeness (QED) is 0.844. The summed E-state index contributed by atoms with van der Waals surface area (Å²) in [6.45, 7) is 1.92. The van der Waals surface area contributed by atoms with Crippen molar-refractivity contribution in [2.45, 2.75) is 38.6 Å². The second kappa shape index (κ2) is 7.59. The maximum Gasteiger partial charge on any atom is 0.339 e. The third-order valence-electron chi connectivity index (χ3n) is 3.89. The van der Waals surface area contributed by atoms with Crippen LogP contribution in [0.1, 0.15) is 43.0 Å². The molecule has 1 aliphatic carbocycles. The fourth-order valence-electron chi connectivity index (χ4n) is 2.61. The summed E-state index contributed by atoms with van der Waals surface area (Å²) < 4.78 is 5.73. The molecule has 0 unspecified atom stereocenters. The number of benzene rings is 1. The van der Waals surface area contributed by atoms with Crippen molar-refractivity contribution in [3.8, 4) is 0 Å². The van der Waals surface area contributed by atoms with Crippen molar-refractivity contribution in [1.82, 2.24) is 5.32 Å². The fourth-order valence-corrected chi connectivity index (χ4v) is 3.06. The van der Waals surface area contributed by atoms with Gasteiger partial charge in [-0.05, 0) is 46.8 Å². The van der Waals surface area contributed by atoms with Gasteiger partial charge in [0.1, 0.15) is 0 Å². The number of nitrogens with one attached hydrogen (secondary N) is 1. The molecule has 1 aromatic rings. The molecular weight excluding hydrogens is 334 g/mol. The number of halogens is 1. The minimum Gasteiger partial charge on any atom is -0.452 e. The van der Waals surface area contributed by atoms with Gasteiger partial charge in [0.2, 0.25) is 0 Å². The molecule has 2 atom stereocenters. The lowest BCUT2D eigenvalue weighted by molar-refractivity contribution is -0.125.